The molecule has 0 aliphatic carbocycles. The molecule has 2 rings (SSSR count). The van der Waals surface area contributed by atoms with Gasteiger partial charge < -0.3 is 14.2 Å². The van der Waals surface area contributed by atoms with Crippen LogP contribution in [-0.4, -0.2) is 51.5 Å². The van der Waals surface area contributed by atoms with E-state index >= 15 is 0 Å². The number of amides is 1. The monoisotopic (exact) mass is 374 g/mol. The summed E-state index contributed by atoms with van der Waals surface area (Å²) in [5.41, 5.74) is -1.04. The number of halogens is 3. The largest absolute Gasteiger partial charge is 0.463 e. The van der Waals surface area contributed by atoms with Crippen molar-refractivity contribution in [1.29, 1.82) is 0 Å². The summed E-state index contributed by atoms with van der Waals surface area (Å²) < 4.78 is 54.0. The first-order chi connectivity index (χ1) is 12.4. The van der Waals surface area contributed by atoms with E-state index in [1.807, 2.05) is 0 Å². The third kappa shape index (κ3) is 6.30. The van der Waals surface area contributed by atoms with Gasteiger partial charge in [0.15, 0.2) is 0 Å². The lowest BCUT2D eigenvalue weighted by molar-refractivity contribution is -0.137. The molecular weight excluding hydrogens is 353 g/mol. The molecule has 9 heteroatoms. The maximum atomic E-state index is 12.8. The third-order valence-electron chi connectivity index (χ3n) is 3.66. The fourth-order valence-electron chi connectivity index (χ4n) is 2.32. The molecule has 144 valence electrons. The van der Waals surface area contributed by atoms with Gasteiger partial charge in [-0.05, 0) is 31.0 Å². The van der Waals surface area contributed by atoms with Crippen LogP contribution in [0.1, 0.15) is 28.8 Å². The summed E-state index contributed by atoms with van der Waals surface area (Å²) in [6.45, 7) is 1.38. The van der Waals surface area contributed by atoms with Crippen LogP contribution < -0.4 is 5.32 Å². The number of nitrogens with zero attached hydrogens (tertiary/aromatic N) is 1. The van der Waals surface area contributed by atoms with Crippen molar-refractivity contribution in [3.8, 4) is 0 Å². The molecule has 1 aliphatic heterocycles. The van der Waals surface area contributed by atoms with Crippen LogP contribution in [0.4, 0.5) is 13.2 Å². The van der Waals surface area contributed by atoms with E-state index in [4.69, 9.17) is 14.2 Å². The zero-order chi connectivity index (χ0) is 19.0. The molecule has 26 heavy (non-hydrogen) atoms. The Hall–Kier alpha value is -2.13. The van der Waals surface area contributed by atoms with Crippen molar-refractivity contribution < 1.29 is 32.2 Å². The zero-order valence-electron chi connectivity index (χ0n) is 14.3. The molecule has 1 amide bonds. The molecule has 0 aromatic heterocycles. The van der Waals surface area contributed by atoms with Crippen LogP contribution in [0.5, 0.6) is 0 Å². The second-order valence-electron chi connectivity index (χ2n) is 5.65. The van der Waals surface area contributed by atoms with Gasteiger partial charge in [0.25, 0.3) is 11.9 Å². The van der Waals surface area contributed by atoms with E-state index in [1.165, 1.54) is 19.2 Å². The number of amidine groups is 1. The van der Waals surface area contributed by atoms with E-state index in [9.17, 15) is 18.0 Å². The Morgan fingerprint density at radius 1 is 1.38 bits per heavy atom. The number of aliphatic imine (C=N–C) groups is 1. The first-order valence-electron chi connectivity index (χ1n) is 8.16. The highest BCUT2D eigenvalue weighted by Crippen LogP contribution is 2.29. The number of carbonyl (C=O) groups is 1. The van der Waals surface area contributed by atoms with Gasteiger partial charge in [-0.1, -0.05) is 6.07 Å². The summed E-state index contributed by atoms with van der Waals surface area (Å²) in [5, 5.41) is 2.41. The molecule has 1 saturated heterocycles. The van der Waals surface area contributed by atoms with E-state index in [-0.39, 0.29) is 30.9 Å². The molecule has 1 atom stereocenters. The lowest BCUT2D eigenvalue weighted by atomic mass is 10.1. The van der Waals surface area contributed by atoms with Gasteiger partial charge in [0.1, 0.15) is 6.61 Å². The molecule has 1 N–H and O–H groups in total. The molecule has 1 fully saturated rings. The predicted octanol–water partition coefficient (Wildman–Crippen LogP) is 2.63. The summed E-state index contributed by atoms with van der Waals surface area (Å²) in [6.07, 6.45) is -2.78. The van der Waals surface area contributed by atoms with Crippen LogP contribution in [0.3, 0.4) is 0 Å². The van der Waals surface area contributed by atoms with Crippen LogP contribution in [0, 0.1) is 0 Å². The maximum absolute atomic E-state index is 12.8. The summed E-state index contributed by atoms with van der Waals surface area (Å²) in [5.74, 6) is -0.736. The first kappa shape index (κ1) is 20.2. The quantitative estimate of drug-likeness (QED) is 0.472. The second kappa shape index (κ2) is 9.54. The van der Waals surface area contributed by atoms with Gasteiger partial charge in [-0.15, -0.1) is 0 Å². The first-order valence-corrected chi connectivity index (χ1v) is 8.16. The van der Waals surface area contributed by atoms with Crippen molar-refractivity contribution in [3.63, 3.8) is 0 Å². The molecule has 1 heterocycles. The van der Waals surface area contributed by atoms with Crippen molar-refractivity contribution in [1.82, 2.24) is 5.32 Å². The lowest BCUT2D eigenvalue weighted by Crippen LogP contribution is -2.34. The Kier molecular flexibility index (Phi) is 7.40. The van der Waals surface area contributed by atoms with Gasteiger partial charge >= 0.3 is 6.18 Å². The molecule has 1 aromatic rings. The van der Waals surface area contributed by atoms with E-state index in [0.717, 1.165) is 25.0 Å². The summed E-state index contributed by atoms with van der Waals surface area (Å²) in [6, 6.07) is 4.07. The minimum atomic E-state index is -4.53. The van der Waals surface area contributed by atoms with Gasteiger partial charge in [-0.25, -0.2) is 4.99 Å². The molecule has 6 nitrogen and oxygen atoms in total. The highest BCUT2D eigenvalue weighted by Gasteiger charge is 2.31. The van der Waals surface area contributed by atoms with Gasteiger partial charge in [0.05, 0.1) is 24.8 Å². The number of hydrogen-bond acceptors (Lipinski definition) is 5. The molecule has 0 unspecified atom stereocenters. The highest BCUT2D eigenvalue weighted by atomic mass is 19.4. The molecule has 1 aromatic carbocycles. The van der Waals surface area contributed by atoms with Crippen molar-refractivity contribution in [2.45, 2.75) is 25.1 Å². The van der Waals surface area contributed by atoms with E-state index in [2.05, 4.69) is 10.3 Å². The van der Waals surface area contributed by atoms with Crippen LogP contribution in [0.15, 0.2) is 29.3 Å². The Bertz CT molecular complexity index is 629. The molecule has 1 aliphatic rings. The highest BCUT2D eigenvalue weighted by molar-refractivity contribution is 6.04. The predicted molar refractivity (Wildman–Crippen MR) is 88.0 cm³/mol. The Morgan fingerprint density at radius 2 is 2.19 bits per heavy atom. The van der Waals surface area contributed by atoms with Gasteiger partial charge in [-0.2, -0.15) is 13.2 Å². The Labute approximate surface area is 149 Å². The van der Waals surface area contributed by atoms with Crippen LogP contribution in [0.2, 0.25) is 0 Å². The van der Waals surface area contributed by atoms with E-state index < -0.39 is 17.6 Å². The summed E-state index contributed by atoms with van der Waals surface area (Å²) in [4.78, 5) is 16.4. The average Bonchev–Trinajstić information content (AvgIpc) is 3.12. The van der Waals surface area contributed by atoms with Crippen LogP contribution >= 0.6 is 0 Å². The summed E-state index contributed by atoms with van der Waals surface area (Å²) >= 11 is 0. The van der Waals surface area contributed by atoms with Crippen LogP contribution in [0.25, 0.3) is 0 Å². The van der Waals surface area contributed by atoms with Gasteiger partial charge in [0.2, 0.25) is 0 Å². The number of ether oxygens (including phenoxy) is 3. The van der Waals surface area contributed by atoms with Crippen LogP contribution in [-0.2, 0) is 20.4 Å². The number of alkyl halides is 3. The average molecular weight is 374 g/mol. The smallest absolute Gasteiger partial charge is 0.416 e. The number of rotatable bonds is 6. The number of methoxy groups -OCH3 is 1. The lowest BCUT2D eigenvalue weighted by Gasteiger charge is -2.13. The third-order valence-corrected chi connectivity index (χ3v) is 3.66. The van der Waals surface area contributed by atoms with Crippen molar-refractivity contribution >= 4 is 11.9 Å². The zero-order valence-corrected chi connectivity index (χ0v) is 14.3. The SMILES string of the molecule is COCCOC(=NC[C@@H]1CCCO1)NC(=O)c1cccc(C(F)(F)F)c1. The number of nitrogens with one attached hydrogen (secondary N) is 1. The maximum Gasteiger partial charge on any atom is 0.416 e. The summed E-state index contributed by atoms with van der Waals surface area (Å²) in [7, 11) is 1.49. The fourth-order valence-corrected chi connectivity index (χ4v) is 2.32. The number of benzene rings is 1. The minimum Gasteiger partial charge on any atom is -0.463 e. The normalized spacial score (nSPS) is 18.0. The second-order valence-corrected chi connectivity index (χ2v) is 5.65. The molecule has 0 bridgehead atoms. The van der Waals surface area contributed by atoms with Crippen molar-refractivity contribution in [2.75, 3.05) is 33.5 Å². The molecule has 0 spiro atoms. The van der Waals surface area contributed by atoms with E-state index in [1.54, 1.807) is 0 Å². The number of hydrogen-bond donors (Lipinski definition) is 1. The Balaban J connectivity index is 2.05. The van der Waals surface area contributed by atoms with Gasteiger partial charge in [0, 0.05) is 19.3 Å². The Morgan fingerprint density at radius 3 is 2.85 bits per heavy atom. The topological polar surface area (TPSA) is 69.2 Å². The fraction of sp³-hybridized carbons (Fsp3) is 0.529. The standard InChI is InChI=1S/C17H21F3N2O4/c1-24-8-9-26-16(21-11-14-6-3-7-25-14)22-15(23)12-4-2-5-13(10-12)17(18,19)20/h2,4-5,10,14H,3,6-9,11H2,1H3,(H,21,22,23)/t14-/m0/s1. The van der Waals surface area contributed by atoms with Gasteiger partial charge in [-0.3, -0.25) is 10.1 Å². The molecular formula is C17H21F3N2O4. The molecule has 0 radical (unpaired) electrons. The van der Waals surface area contributed by atoms with Crippen molar-refractivity contribution in [3.05, 3.63) is 35.4 Å². The minimum absolute atomic E-state index is 0.0542. The number of carbonyl (C=O) groups excluding carboxylic acids is 1. The molecule has 0 saturated carbocycles. The van der Waals surface area contributed by atoms with Crippen molar-refractivity contribution in [2.24, 2.45) is 4.99 Å². The van der Waals surface area contributed by atoms with E-state index in [0.29, 0.717) is 13.2 Å².